The molecule has 1 heterocycles. The number of aryl methyl sites for hydroxylation is 1. The number of carbonyl (C=O) groups is 1. The SMILES string of the molecule is CC(=O)c1cnc(-c2ccc(C(C)C)cc2)nc1C. The molecule has 0 unspecified atom stereocenters. The quantitative estimate of drug-likeness (QED) is 0.783. The highest BCUT2D eigenvalue weighted by Gasteiger charge is 2.09. The van der Waals surface area contributed by atoms with Crippen LogP contribution in [0.5, 0.6) is 0 Å². The number of benzene rings is 1. The lowest BCUT2D eigenvalue weighted by atomic mass is 10.0. The van der Waals surface area contributed by atoms with Gasteiger partial charge in [0.25, 0.3) is 0 Å². The monoisotopic (exact) mass is 254 g/mol. The summed E-state index contributed by atoms with van der Waals surface area (Å²) in [5.74, 6) is 1.17. The molecule has 0 aliphatic carbocycles. The topological polar surface area (TPSA) is 42.9 Å². The molecule has 0 spiro atoms. The maximum atomic E-state index is 11.4. The van der Waals surface area contributed by atoms with Gasteiger partial charge >= 0.3 is 0 Å². The molecule has 0 bridgehead atoms. The molecule has 3 nitrogen and oxygen atoms in total. The largest absolute Gasteiger partial charge is 0.294 e. The highest BCUT2D eigenvalue weighted by atomic mass is 16.1. The lowest BCUT2D eigenvalue weighted by Gasteiger charge is -2.07. The summed E-state index contributed by atoms with van der Waals surface area (Å²) in [7, 11) is 0. The predicted octanol–water partition coefficient (Wildman–Crippen LogP) is 3.78. The molecule has 0 amide bonds. The van der Waals surface area contributed by atoms with E-state index in [2.05, 4.69) is 35.9 Å². The molecule has 1 aromatic heterocycles. The molecule has 0 fully saturated rings. The molecule has 2 rings (SSSR count). The summed E-state index contributed by atoms with van der Waals surface area (Å²) in [6.07, 6.45) is 1.61. The number of Topliss-reactive ketones (excluding diaryl/α,β-unsaturated/α-hetero) is 1. The summed E-state index contributed by atoms with van der Waals surface area (Å²) in [4.78, 5) is 20.0. The Morgan fingerprint density at radius 1 is 1.16 bits per heavy atom. The number of ketones is 1. The van der Waals surface area contributed by atoms with Crippen molar-refractivity contribution >= 4 is 5.78 Å². The first-order valence-corrected chi connectivity index (χ1v) is 6.44. The Morgan fingerprint density at radius 2 is 1.79 bits per heavy atom. The van der Waals surface area contributed by atoms with Gasteiger partial charge in [-0.05, 0) is 25.3 Å². The van der Waals surface area contributed by atoms with Crippen LogP contribution >= 0.6 is 0 Å². The van der Waals surface area contributed by atoms with Gasteiger partial charge in [0, 0.05) is 11.8 Å². The number of rotatable bonds is 3. The third kappa shape index (κ3) is 2.87. The molecule has 0 N–H and O–H groups in total. The Bertz CT molecular complexity index is 601. The molecule has 1 aromatic carbocycles. The van der Waals surface area contributed by atoms with Crippen LogP contribution in [0.1, 0.15) is 48.3 Å². The van der Waals surface area contributed by atoms with Crippen molar-refractivity contribution in [3.05, 3.63) is 47.3 Å². The van der Waals surface area contributed by atoms with Crippen LogP contribution in [-0.2, 0) is 0 Å². The third-order valence-electron chi connectivity index (χ3n) is 3.19. The first kappa shape index (κ1) is 13.4. The number of aromatic nitrogens is 2. The molecule has 19 heavy (non-hydrogen) atoms. The zero-order valence-corrected chi connectivity index (χ0v) is 11.8. The van der Waals surface area contributed by atoms with E-state index in [4.69, 9.17) is 0 Å². The Labute approximate surface area is 113 Å². The summed E-state index contributed by atoms with van der Waals surface area (Å²) in [6, 6.07) is 8.24. The van der Waals surface area contributed by atoms with E-state index in [-0.39, 0.29) is 5.78 Å². The van der Waals surface area contributed by atoms with Gasteiger partial charge < -0.3 is 0 Å². The van der Waals surface area contributed by atoms with Crippen LogP contribution in [0.25, 0.3) is 11.4 Å². The van der Waals surface area contributed by atoms with Crippen LogP contribution in [0, 0.1) is 6.92 Å². The molecular weight excluding hydrogens is 236 g/mol. The molecule has 98 valence electrons. The van der Waals surface area contributed by atoms with E-state index in [1.165, 1.54) is 12.5 Å². The summed E-state index contributed by atoms with van der Waals surface area (Å²) in [5, 5.41) is 0. The maximum absolute atomic E-state index is 11.4. The average Bonchev–Trinajstić information content (AvgIpc) is 2.38. The highest BCUT2D eigenvalue weighted by Crippen LogP contribution is 2.20. The van der Waals surface area contributed by atoms with Crippen LogP contribution in [-0.4, -0.2) is 15.8 Å². The zero-order chi connectivity index (χ0) is 14.0. The van der Waals surface area contributed by atoms with Crippen molar-refractivity contribution in [2.45, 2.75) is 33.6 Å². The normalized spacial score (nSPS) is 10.8. The van der Waals surface area contributed by atoms with Crippen molar-refractivity contribution in [3.63, 3.8) is 0 Å². The minimum atomic E-state index is -0.000735. The summed E-state index contributed by atoms with van der Waals surface area (Å²) < 4.78 is 0. The van der Waals surface area contributed by atoms with Gasteiger partial charge in [0.2, 0.25) is 0 Å². The maximum Gasteiger partial charge on any atom is 0.163 e. The number of carbonyl (C=O) groups excluding carboxylic acids is 1. The molecular formula is C16H18N2O. The van der Waals surface area contributed by atoms with E-state index in [0.29, 0.717) is 17.3 Å². The Morgan fingerprint density at radius 3 is 2.26 bits per heavy atom. The van der Waals surface area contributed by atoms with Crippen molar-refractivity contribution in [2.75, 3.05) is 0 Å². The second-order valence-corrected chi connectivity index (χ2v) is 5.03. The molecule has 0 atom stereocenters. The molecule has 3 heteroatoms. The van der Waals surface area contributed by atoms with Crippen LogP contribution < -0.4 is 0 Å². The van der Waals surface area contributed by atoms with Gasteiger partial charge in [-0.3, -0.25) is 4.79 Å². The molecule has 2 aromatic rings. The van der Waals surface area contributed by atoms with Gasteiger partial charge in [0.15, 0.2) is 11.6 Å². The van der Waals surface area contributed by atoms with Gasteiger partial charge in [0.1, 0.15) is 0 Å². The van der Waals surface area contributed by atoms with Crippen LogP contribution in [0.4, 0.5) is 0 Å². The lowest BCUT2D eigenvalue weighted by Crippen LogP contribution is -2.02. The molecule has 0 aliphatic heterocycles. The van der Waals surface area contributed by atoms with E-state index in [9.17, 15) is 4.79 Å². The van der Waals surface area contributed by atoms with Crippen LogP contribution in [0.3, 0.4) is 0 Å². The lowest BCUT2D eigenvalue weighted by molar-refractivity contribution is 0.101. The summed E-state index contributed by atoms with van der Waals surface area (Å²) in [5.41, 5.74) is 3.58. The van der Waals surface area contributed by atoms with Gasteiger partial charge in [-0.25, -0.2) is 9.97 Å². The van der Waals surface area contributed by atoms with Crippen molar-refractivity contribution in [1.29, 1.82) is 0 Å². The molecule has 0 radical (unpaired) electrons. The molecule has 0 aliphatic rings. The fourth-order valence-corrected chi connectivity index (χ4v) is 1.97. The number of hydrogen-bond donors (Lipinski definition) is 0. The van der Waals surface area contributed by atoms with Crippen LogP contribution in [0.2, 0.25) is 0 Å². The van der Waals surface area contributed by atoms with Crippen molar-refractivity contribution in [3.8, 4) is 11.4 Å². The van der Waals surface area contributed by atoms with Gasteiger partial charge in [-0.2, -0.15) is 0 Å². The molecule has 0 saturated carbocycles. The van der Waals surface area contributed by atoms with Crippen molar-refractivity contribution < 1.29 is 4.79 Å². The fourth-order valence-electron chi connectivity index (χ4n) is 1.97. The Balaban J connectivity index is 2.37. The highest BCUT2D eigenvalue weighted by molar-refractivity contribution is 5.94. The average molecular weight is 254 g/mol. The standard InChI is InChI=1S/C16H18N2O/c1-10(2)13-5-7-14(8-6-13)16-17-9-15(12(4)19)11(3)18-16/h5-10H,1-4H3. The number of hydrogen-bond acceptors (Lipinski definition) is 3. The summed E-state index contributed by atoms with van der Waals surface area (Å²) >= 11 is 0. The number of nitrogens with zero attached hydrogens (tertiary/aromatic N) is 2. The van der Waals surface area contributed by atoms with E-state index < -0.39 is 0 Å². The second kappa shape index (κ2) is 5.31. The fraction of sp³-hybridized carbons (Fsp3) is 0.312. The van der Waals surface area contributed by atoms with Gasteiger partial charge in [-0.15, -0.1) is 0 Å². The Hall–Kier alpha value is -2.03. The van der Waals surface area contributed by atoms with Crippen molar-refractivity contribution in [2.24, 2.45) is 0 Å². The van der Waals surface area contributed by atoms with E-state index in [1.54, 1.807) is 6.20 Å². The molecule has 0 saturated heterocycles. The van der Waals surface area contributed by atoms with E-state index in [1.807, 2.05) is 19.1 Å². The first-order chi connectivity index (χ1) is 8.99. The first-order valence-electron chi connectivity index (χ1n) is 6.44. The van der Waals surface area contributed by atoms with Gasteiger partial charge in [0.05, 0.1) is 11.3 Å². The van der Waals surface area contributed by atoms with Crippen molar-refractivity contribution in [1.82, 2.24) is 9.97 Å². The van der Waals surface area contributed by atoms with E-state index in [0.717, 1.165) is 11.3 Å². The van der Waals surface area contributed by atoms with E-state index >= 15 is 0 Å². The minimum Gasteiger partial charge on any atom is -0.294 e. The van der Waals surface area contributed by atoms with Crippen LogP contribution in [0.15, 0.2) is 30.5 Å². The second-order valence-electron chi connectivity index (χ2n) is 5.03. The minimum absolute atomic E-state index is 0.000735. The summed E-state index contributed by atoms with van der Waals surface area (Å²) in [6.45, 7) is 7.70. The van der Waals surface area contributed by atoms with Gasteiger partial charge in [-0.1, -0.05) is 38.1 Å². The predicted molar refractivity (Wildman–Crippen MR) is 76.3 cm³/mol. The zero-order valence-electron chi connectivity index (χ0n) is 11.8. The Kier molecular flexibility index (Phi) is 3.74. The third-order valence-corrected chi connectivity index (χ3v) is 3.19. The smallest absolute Gasteiger partial charge is 0.163 e.